The van der Waals surface area contributed by atoms with Gasteiger partial charge in [0.25, 0.3) is 0 Å². The van der Waals surface area contributed by atoms with Gasteiger partial charge in [-0.25, -0.2) is 4.39 Å². The first kappa shape index (κ1) is 22.3. The molecule has 9 heteroatoms. The number of hydrogen-bond donors (Lipinski definition) is 3. The van der Waals surface area contributed by atoms with Gasteiger partial charge in [-0.1, -0.05) is 18.2 Å². The molecule has 0 aliphatic heterocycles. The summed E-state index contributed by atoms with van der Waals surface area (Å²) in [5.74, 6) is 0.970. The second kappa shape index (κ2) is 10.2. The van der Waals surface area contributed by atoms with Crippen LogP contribution in [0.15, 0.2) is 60.7 Å². The van der Waals surface area contributed by atoms with Crippen LogP contribution >= 0.6 is 0 Å². The number of anilines is 3. The number of nitrogens with zero attached hydrogens (tertiary/aromatic N) is 5. The Kier molecular flexibility index (Phi) is 6.89. The van der Waals surface area contributed by atoms with E-state index in [2.05, 4.69) is 35.4 Å². The van der Waals surface area contributed by atoms with Crippen molar-refractivity contribution in [2.45, 2.75) is 25.8 Å². The largest absolute Gasteiger partial charge is 0.368 e. The van der Waals surface area contributed by atoms with Gasteiger partial charge < -0.3 is 11.1 Å². The number of aryl methyl sites for hydroxylation is 1. The van der Waals surface area contributed by atoms with E-state index < -0.39 is 0 Å². The average Bonchev–Trinajstić information content (AvgIpc) is 3.28. The first-order valence-corrected chi connectivity index (χ1v) is 10.8. The SMILES string of the molecule is CC(c1nc(N)nc(Nc2ccccc2)n1)N(C)CCCc1cc(-c2ccc(F)cc2)n[nH]1. The molecular weight excluding hydrogens is 419 g/mol. The van der Waals surface area contributed by atoms with Crippen molar-refractivity contribution < 1.29 is 4.39 Å². The molecule has 33 heavy (non-hydrogen) atoms. The molecule has 0 aliphatic carbocycles. The molecule has 4 N–H and O–H groups in total. The molecule has 2 aromatic heterocycles. The quantitative estimate of drug-likeness (QED) is 0.351. The van der Waals surface area contributed by atoms with Crippen LogP contribution in [0.2, 0.25) is 0 Å². The van der Waals surface area contributed by atoms with Gasteiger partial charge in [0.05, 0.1) is 11.7 Å². The topological polar surface area (TPSA) is 109 Å². The molecule has 0 amide bonds. The molecule has 0 spiro atoms. The van der Waals surface area contributed by atoms with Crippen LogP contribution in [-0.4, -0.2) is 43.6 Å². The second-order valence-corrected chi connectivity index (χ2v) is 7.91. The molecule has 4 aromatic rings. The lowest BCUT2D eigenvalue weighted by molar-refractivity contribution is 0.249. The van der Waals surface area contributed by atoms with Crippen LogP contribution in [0.5, 0.6) is 0 Å². The maximum Gasteiger partial charge on any atom is 0.232 e. The van der Waals surface area contributed by atoms with Crippen LogP contribution in [0.4, 0.5) is 22.0 Å². The zero-order valence-corrected chi connectivity index (χ0v) is 18.7. The zero-order chi connectivity index (χ0) is 23.2. The molecule has 8 nitrogen and oxygen atoms in total. The van der Waals surface area contributed by atoms with Crippen molar-refractivity contribution in [3.05, 3.63) is 78.0 Å². The molecule has 0 fully saturated rings. The smallest absolute Gasteiger partial charge is 0.232 e. The van der Waals surface area contributed by atoms with Crippen LogP contribution in [0.3, 0.4) is 0 Å². The monoisotopic (exact) mass is 446 g/mol. The Bertz CT molecular complexity index is 1180. The number of H-pyrrole nitrogens is 1. The Morgan fingerprint density at radius 3 is 2.58 bits per heavy atom. The van der Waals surface area contributed by atoms with Crippen molar-refractivity contribution in [3.63, 3.8) is 0 Å². The van der Waals surface area contributed by atoms with E-state index in [0.29, 0.717) is 11.8 Å². The summed E-state index contributed by atoms with van der Waals surface area (Å²) in [7, 11) is 2.03. The predicted molar refractivity (Wildman–Crippen MR) is 127 cm³/mol. The maximum absolute atomic E-state index is 13.1. The molecular formula is C24H27FN8. The number of nitrogens with one attached hydrogen (secondary N) is 2. The minimum absolute atomic E-state index is 0.0387. The van der Waals surface area contributed by atoms with Gasteiger partial charge in [-0.05, 0) is 75.8 Å². The van der Waals surface area contributed by atoms with Crippen molar-refractivity contribution in [1.29, 1.82) is 0 Å². The summed E-state index contributed by atoms with van der Waals surface area (Å²) in [5, 5.41) is 10.6. The van der Waals surface area contributed by atoms with E-state index in [-0.39, 0.29) is 17.8 Å². The van der Waals surface area contributed by atoms with E-state index >= 15 is 0 Å². The highest BCUT2D eigenvalue weighted by Crippen LogP contribution is 2.21. The summed E-state index contributed by atoms with van der Waals surface area (Å²) < 4.78 is 13.1. The molecule has 1 atom stereocenters. The molecule has 0 bridgehead atoms. The predicted octanol–water partition coefficient (Wildman–Crippen LogP) is 4.35. The van der Waals surface area contributed by atoms with Crippen molar-refractivity contribution in [2.75, 3.05) is 24.6 Å². The van der Waals surface area contributed by atoms with E-state index in [9.17, 15) is 4.39 Å². The minimum atomic E-state index is -0.255. The number of aromatic nitrogens is 5. The number of aromatic amines is 1. The number of hydrogen-bond acceptors (Lipinski definition) is 7. The van der Waals surface area contributed by atoms with Gasteiger partial charge in [0.15, 0.2) is 5.82 Å². The third-order valence-electron chi connectivity index (χ3n) is 5.46. The molecule has 4 rings (SSSR count). The maximum atomic E-state index is 13.1. The number of nitrogens with two attached hydrogens (primary N) is 1. The third kappa shape index (κ3) is 5.89. The van der Waals surface area contributed by atoms with E-state index in [1.807, 2.05) is 50.4 Å². The molecule has 0 radical (unpaired) electrons. The Balaban J connectivity index is 1.33. The molecule has 1 unspecified atom stereocenters. The van der Waals surface area contributed by atoms with Crippen LogP contribution < -0.4 is 11.1 Å². The van der Waals surface area contributed by atoms with Crippen molar-refractivity contribution in [3.8, 4) is 11.3 Å². The molecule has 2 aromatic carbocycles. The highest BCUT2D eigenvalue weighted by Gasteiger charge is 2.17. The van der Waals surface area contributed by atoms with Crippen LogP contribution in [0.1, 0.15) is 30.9 Å². The van der Waals surface area contributed by atoms with Gasteiger partial charge in [0.2, 0.25) is 11.9 Å². The fourth-order valence-corrected chi connectivity index (χ4v) is 3.47. The summed E-state index contributed by atoms with van der Waals surface area (Å²) in [6.45, 7) is 2.88. The van der Waals surface area contributed by atoms with Gasteiger partial charge in [-0.15, -0.1) is 0 Å². The normalized spacial score (nSPS) is 12.1. The van der Waals surface area contributed by atoms with E-state index in [1.54, 1.807) is 12.1 Å². The molecule has 170 valence electrons. The van der Waals surface area contributed by atoms with Gasteiger partial charge in [-0.2, -0.15) is 20.1 Å². The Morgan fingerprint density at radius 2 is 1.82 bits per heavy atom. The fraction of sp³-hybridized carbons (Fsp3) is 0.250. The molecule has 2 heterocycles. The Labute approximate surface area is 192 Å². The minimum Gasteiger partial charge on any atom is -0.368 e. The summed E-state index contributed by atoms with van der Waals surface area (Å²) in [4.78, 5) is 15.3. The van der Waals surface area contributed by atoms with Crippen molar-refractivity contribution in [1.82, 2.24) is 30.0 Å². The highest BCUT2D eigenvalue weighted by atomic mass is 19.1. The average molecular weight is 447 g/mol. The van der Waals surface area contributed by atoms with Gasteiger partial charge in [0, 0.05) is 16.9 Å². The molecule has 0 aliphatic rings. The number of benzene rings is 2. The lowest BCUT2D eigenvalue weighted by atomic mass is 10.1. The van der Waals surface area contributed by atoms with Gasteiger partial charge in [0.1, 0.15) is 5.82 Å². The van der Waals surface area contributed by atoms with Crippen molar-refractivity contribution >= 4 is 17.6 Å². The molecule has 0 saturated carbocycles. The first-order valence-electron chi connectivity index (χ1n) is 10.8. The Morgan fingerprint density at radius 1 is 1.06 bits per heavy atom. The van der Waals surface area contributed by atoms with E-state index in [0.717, 1.165) is 42.0 Å². The van der Waals surface area contributed by atoms with Gasteiger partial charge in [-0.3, -0.25) is 10.00 Å². The fourth-order valence-electron chi connectivity index (χ4n) is 3.47. The second-order valence-electron chi connectivity index (χ2n) is 7.91. The summed E-state index contributed by atoms with van der Waals surface area (Å²) >= 11 is 0. The van der Waals surface area contributed by atoms with Crippen molar-refractivity contribution in [2.24, 2.45) is 0 Å². The Hall–Kier alpha value is -3.85. The van der Waals surface area contributed by atoms with Crippen LogP contribution in [-0.2, 0) is 6.42 Å². The lowest BCUT2D eigenvalue weighted by Gasteiger charge is -2.23. The number of para-hydroxylation sites is 1. The summed E-state index contributed by atoms with van der Waals surface area (Å²) in [6.07, 6.45) is 1.76. The standard InChI is InChI=1S/C24H27FN8/c1-16(22-28-23(26)30-24(29-22)27-19-7-4-3-5-8-19)33(2)14-6-9-20-15-21(32-31-20)17-10-12-18(25)13-11-17/h3-5,7-8,10-13,15-16H,6,9,14H2,1-2H3,(H,31,32)(H3,26,27,28,29,30). The lowest BCUT2D eigenvalue weighted by Crippen LogP contribution is -2.26. The van der Waals surface area contributed by atoms with E-state index in [4.69, 9.17) is 5.73 Å². The third-order valence-corrected chi connectivity index (χ3v) is 5.46. The molecule has 0 saturated heterocycles. The van der Waals surface area contributed by atoms with Crippen LogP contribution in [0.25, 0.3) is 11.3 Å². The first-order chi connectivity index (χ1) is 16.0. The number of rotatable bonds is 9. The highest BCUT2D eigenvalue weighted by molar-refractivity contribution is 5.59. The van der Waals surface area contributed by atoms with E-state index in [1.165, 1.54) is 12.1 Å². The number of nitrogen functional groups attached to an aromatic ring is 1. The van der Waals surface area contributed by atoms with Gasteiger partial charge >= 0.3 is 0 Å². The summed E-state index contributed by atoms with van der Waals surface area (Å²) in [6, 6.07) is 18.0. The summed E-state index contributed by atoms with van der Waals surface area (Å²) in [5.41, 5.74) is 9.55. The number of halogens is 1. The zero-order valence-electron chi connectivity index (χ0n) is 18.7. The van der Waals surface area contributed by atoms with Crippen LogP contribution in [0, 0.1) is 5.82 Å².